The number of thioether (sulfide) groups is 1. The molecule has 0 radical (unpaired) electrons. The van der Waals surface area contributed by atoms with Crippen molar-refractivity contribution in [3.63, 3.8) is 0 Å². The van der Waals surface area contributed by atoms with Crippen molar-refractivity contribution in [3.8, 4) is 0 Å². The number of rotatable bonds is 7. The summed E-state index contributed by atoms with van der Waals surface area (Å²) in [6, 6.07) is 0.814. The molecule has 1 N–H and O–H groups in total. The Balaban J connectivity index is 2.32. The second-order valence-electron chi connectivity index (χ2n) is 5.22. The molecule has 1 fully saturated rings. The average Bonchev–Trinajstić information content (AvgIpc) is 2.28. The molecule has 0 aromatic heterocycles. The first-order valence-electron chi connectivity index (χ1n) is 7.09. The van der Waals surface area contributed by atoms with Gasteiger partial charge in [-0.2, -0.15) is 11.8 Å². The first-order chi connectivity index (χ1) is 7.77. The Hall–Kier alpha value is 0.310. The summed E-state index contributed by atoms with van der Waals surface area (Å²) in [5, 5.41) is 3.76. The molecule has 0 saturated heterocycles. The molecule has 1 rings (SSSR count). The summed E-state index contributed by atoms with van der Waals surface area (Å²) in [6.07, 6.45) is 6.97. The lowest BCUT2D eigenvalue weighted by Gasteiger charge is -2.35. The molecule has 1 nitrogen and oxygen atoms in total. The van der Waals surface area contributed by atoms with E-state index in [2.05, 4.69) is 37.8 Å². The van der Waals surface area contributed by atoms with Gasteiger partial charge in [0, 0.05) is 6.04 Å². The van der Waals surface area contributed by atoms with E-state index >= 15 is 0 Å². The minimum Gasteiger partial charge on any atom is -0.314 e. The molecule has 0 bridgehead atoms. The lowest BCUT2D eigenvalue weighted by Crippen LogP contribution is -2.40. The largest absolute Gasteiger partial charge is 0.314 e. The van der Waals surface area contributed by atoms with Crippen molar-refractivity contribution >= 4 is 11.8 Å². The van der Waals surface area contributed by atoms with E-state index in [1.54, 1.807) is 0 Å². The molecule has 3 atom stereocenters. The molecule has 0 heterocycles. The highest BCUT2D eigenvalue weighted by atomic mass is 32.2. The van der Waals surface area contributed by atoms with E-state index in [-0.39, 0.29) is 0 Å². The zero-order valence-electron chi connectivity index (χ0n) is 11.3. The minimum absolute atomic E-state index is 0.814. The highest BCUT2D eigenvalue weighted by molar-refractivity contribution is 7.99. The van der Waals surface area contributed by atoms with Crippen LogP contribution in [0.1, 0.15) is 52.9 Å². The molecular formula is C14H29NS. The predicted molar refractivity (Wildman–Crippen MR) is 76.2 cm³/mol. The van der Waals surface area contributed by atoms with E-state index < -0.39 is 0 Å². The lowest BCUT2D eigenvalue weighted by molar-refractivity contribution is 0.209. The van der Waals surface area contributed by atoms with Gasteiger partial charge in [-0.3, -0.25) is 0 Å². The Morgan fingerprint density at radius 1 is 1.25 bits per heavy atom. The molecular weight excluding hydrogens is 214 g/mol. The fourth-order valence-electron chi connectivity index (χ4n) is 2.80. The molecule has 3 unspecified atom stereocenters. The molecule has 2 heteroatoms. The lowest BCUT2D eigenvalue weighted by atomic mass is 9.77. The van der Waals surface area contributed by atoms with E-state index in [1.807, 2.05) is 0 Å². The summed E-state index contributed by atoms with van der Waals surface area (Å²) < 4.78 is 0. The summed E-state index contributed by atoms with van der Waals surface area (Å²) in [5.41, 5.74) is 0. The standard InChI is InChI=1S/C14H29NS/c1-4-9-15-14-7-6-12(3)11-13(14)8-10-16-5-2/h12-15H,4-11H2,1-3H3. The van der Waals surface area contributed by atoms with Gasteiger partial charge in [0.05, 0.1) is 0 Å². The van der Waals surface area contributed by atoms with Crippen molar-refractivity contribution in [2.75, 3.05) is 18.1 Å². The monoisotopic (exact) mass is 243 g/mol. The topological polar surface area (TPSA) is 12.0 Å². The minimum atomic E-state index is 0.814. The van der Waals surface area contributed by atoms with Crippen LogP contribution in [0, 0.1) is 11.8 Å². The van der Waals surface area contributed by atoms with Crippen molar-refractivity contribution in [2.24, 2.45) is 11.8 Å². The first kappa shape index (κ1) is 14.4. The van der Waals surface area contributed by atoms with Crippen LogP contribution in [0.4, 0.5) is 0 Å². The van der Waals surface area contributed by atoms with Gasteiger partial charge in [-0.1, -0.05) is 20.8 Å². The molecule has 0 aliphatic heterocycles. The third kappa shape index (κ3) is 5.09. The van der Waals surface area contributed by atoms with E-state index in [0.29, 0.717) is 0 Å². The van der Waals surface area contributed by atoms with Gasteiger partial charge in [-0.05, 0) is 62.0 Å². The molecule has 96 valence electrons. The van der Waals surface area contributed by atoms with Gasteiger partial charge in [0.1, 0.15) is 0 Å². The van der Waals surface area contributed by atoms with Gasteiger partial charge < -0.3 is 5.32 Å². The van der Waals surface area contributed by atoms with Gasteiger partial charge in [-0.25, -0.2) is 0 Å². The number of nitrogens with one attached hydrogen (secondary N) is 1. The highest BCUT2D eigenvalue weighted by Gasteiger charge is 2.27. The fourth-order valence-corrected chi connectivity index (χ4v) is 3.55. The van der Waals surface area contributed by atoms with E-state index in [9.17, 15) is 0 Å². The van der Waals surface area contributed by atoms with Crippen molar-refractivity contribution in [2.45, 2.75) is 58.9 Å². The number of hydrogen-bond acceptors (Lipinski definition) is 2. The van der Waals surface area contributed by atoms with Crippen molar-refractivity contribution in [1.82, 2.24) is 5.32 Å². The fraction of sp³-hybridized carbons (Fsp3) is 1.00. The smallest absolute Gasteiger partial charge is 0.00958 e. The Bertz CT molecular complexity index is 170. The zero-order valence-corrected chi connectivity index (χ0v) is 12.1. The van der Waals surface area contributed by atoms with E-state index in [4.69, 9.17) is 0 Å². The van der Waals surface area contributed by atoms with Crippen LogP contribution in [0.25, 0.3) is 0 Å². The van der Waals surface area contributed by atoms with Crippen LogP contribution >= 0.6 is 11.8 Å². The summed E-state index contributed by atoms with van der Waals surface area (Å²) in [7, 11) is 0. The Labute approximate surface area is 106 Å². The maximum Gasteiger partial charge on any atom is 0.00958 e. The van der Waals surface area contributed by atoms with E-state index in [1.165, 1.54) is 50.2 Å². The van der Waals surface area contributed by atoms with Gasteiger partial charge in [0.15, 0.2) is 0 Å². The predicted octanol–water partition coefficient (Wildman–Crippen LogP) is 3.93. The molecule has 0 spiro atoms. The molecule has 1 aliphatic carbocycles. The summed E-state index contributed by atoms with van der Waals surface area (Å²) in [5.74, 6) is 4.53. The van der Waals surface area contributed by atoms with Gasteiger partial charge >= 0.3 is 0 Å². The normalized spacial score (nSPS) is 30.6. The van der Waals surface area contributed by atoms with Crippen LogP contribution < -0.4 is 5.32 Å². The number of hydrogen-bond donors (Lipinski definition) is 1. The highest BCUT2D eigenvalue weighted by Crippen LogP contribution is 2.32. The van der Waals surface area contributed by atoms with Crippen LogP contribution in [0.3, 0.4) is 0 Å². The van der Waals surface area contributed by atoms with Crippen molar-refractivity contribution in [3.05, 3.63) is 0 Å². The van der Waals surface area contributed by atoms with Gasteiger partial charge in [-0.15, -0.1) is 0 Å². The van der Waals surface area contributed by atoms with Crippen LogP contribution in [0.5, 0.6) is 0 Å². The van der Waals surface area contributed by atoms with Crippen LogP contribution in [-0.2, 0) is 0 Å². The summed E-state index contributed by atoms with van der Waals surface area (Å²) >= 11 is 2.10. The van der Waals surface area contributed by atoms with Crippen LogP contribution in [0.2, 0.25) is 0 Å². The van der Waals surface area contributed by atoms with Crippen molar-refractivity contribution < 1.29 is 0 Å². The molecule has 1 aliphatic rings. The average molecular weight is 243 g/mol. The van der Waals surface area contributed by atoms with Gasteiger partial charge in [0.2, 0.25) is 0 Å². The second-order valence-corrected chi connectivity index (χ2v) is 6.62. The molecule has 0 aromatic rings. The maximum atomic E-state index is 3.76. The van der Waals surface area contributed by atoms with Crippen molar-refractivity contribution in [1.29, 1.82) is 0 Å². The SMILES string of the molecule is CCCNC1CCC(C)CC1CCSCC. The maximum absolute atomic E-state index is 3.76. The zero-order chi connectivity index (χ0) is 11.8. The second kappa shape index (κ2) is 8.41. The third-order valence-corrected chi connectivity index (χ3v) is 4.67. The molecule has 0 aromatic carbocycles. The molecule has 0 amide bonds. The Morgan fingerprint density at radius 2 is 2.06 bits per heavy atom. The Kier molecular flexibility index (Phi) is 7.55. The first-order valence-corrected chi connectivity index (χ1v) is 8.24. The van der Waals surface area contributed by atoms with E-state index in [0.717, 1.165) is 17.9 Å². The molecule has 16 heavy (non-hydrogen) atoms. The quantitative estimate of drug-likeness (QED) is 0.680. The van der Waals surface area contributed by atoms with Crippen LogP contribution in [-0.4, -0.2) is 24.1 Å². The molecule has 1 saturated carbocycles. The van der Waals surface area contributed by atoms with Gasteiger partial charge in [0.25, 0.3) is 0 Å². The summed E-state index contributed by atoms with van der Waals surface area (Å²) in [4.78, 5) is 0. The van der Waals surface area contributed by atoms with Crippen LogP contribution in [0.15, 0.2) is 0 Å². The Morgan fingerprint density at radius 3 is 2.75 bits per heavy atom. The third-order valence-electron chi connectivity index (χ3n) is 3.74. The summed E-state index contributed by atoms with van der Waals surface area (Å²) in [6.45, 7) is 8.16.